The monoisotopic (exact) mass is 251 g/mol. The second-order valence-corrected chi connectivity index (χ2v) is 3.39. The molecule has 3 amide bonds. The standard InChI is InChI=1S/C10H13N5O3/c1-5(16)13-6-2-3-7(9(17)14-11)8(4-6)10(18)15-12/h2-4H,11-12H2,1H3,(H,13,16)(H,14,17)(H,15,18). The van der Waals surface area contributed by atoms with Crippen molar-refractivity contribution < 1.29 is 14.4 Å². The summed E-state index contributed by atoms with van der Waals surface area (Å²) in [7, 11) is 0. The molecule has 0 aliphatic rings. The van der Waals surface area contributed by atoms with E-state index in [1.54, 1.807) is 0 Å². The number of hydrogen-bond acceptors (Lipinski definition) is 5. The molecule has 0 unspecified atom stereocenters. The Morgan fingerprint density at radius 1 is 1.00 bits per heavy atom. The summed E-state index contributed by atoms with van der Waals surface area (Å²) < 4.78 is 0. The Morgan fingerprint density at radius 2 is 1.56 bits per heavy atom. The van der Waals surface area contributed by atoms with Crippen LogP contribution < -0.4 is 27.9 Å². The summed E-state index contributed by atoms with van der Waals surface area (Å²) in [5, 5.41) is 2.49. The van der Waals surface area contributed by atoms with Gasteiger partial charge in [-0.3, -0.25) is 25.2 Å². The molecule has 1 aromatic rings. The Labute approximate surface area is 103 Å². The third kappa shape index (κ3) is 3.03. The number of amides is 3. The third-order valence-electron chi connectivity index (χ3n) is 2.09. The van der Waals surface area contributed by atoms with Gasteiger partial charge in [-0.25, -0.2) is 11.7 Å². The molecular weight excluding hydrogens is 238 g/mol. The van der Waals surface area contributed by atoms with Gasteiger partial charge < -0.3 is 5.32 Å². The highest BCUT2D eigenvalue weighted by atomic mass is 16.2. The number of nitrogens with two attached hydrogens (primary N) is 2. The largest absolute Gasteiger partial charge is 0.326 e. The number of nitrogen functional groups attached to an aromatic ring is 2. The zero-order chi connectivity index (χ0) is 13.7. The summed E-state index contributed by atoms with van der Waals surface area (Å²) in [5.74, 6) is 8.41. The maximum atomic E-state index is 11.5. The molecule has 0 radical (unpaired) electrons. The van der Waals surface area contributed by atoms with Crippen LogP contribution in [-0.2, 0) is 4.79 Å². The molecule has 0 fully saturated rings. The van der Waals surface area contributed by atoms with Gasteiger partial charge in [-0.1, -0.05) is 0 Å². The molecule has 18 heavy (non-hydrogen) atoms. The highest BCUT2D eigenvalue weighted by Gasteiger charge is 2.16. The molecule has 0 saturated heterocycles. The Hall–Kier alpha value is -2.45. The number of hydrazine groups is 2. The number of benzene rings is 1. The molecular formula is C10H13N5O3. The van der Waals surface area contributed by atoms with Crippen molar-refractivity contribution >= 4 is 23.4 Å². The Balaban J connectivity index is 3.24. The first-order chi connectivity index (χ1) is 8.49. The Bertz CT molecular complexity index is 500. The normalized spacial score (nSPS) is 9.50. The second kappa shape index (κ2) is 5.75. The average Bonchev–Trinajstić information content (AvgIpc) is 2.36. The number of carbonyl (C=O) groups excluding carboxylic acids is 3. The van der Waals surface area contributed by atoms with Gasteiger partial charge in [-0.05, 0) is 18.2 Å². The molecule has 0 atom stereocenters. The van der Waals surface area contributed by atoms with E-state index in [0.717, 1.165) is 0 Å². The van der Waals surface area contributed by atoms with Crippen LogP contribution in [-0.4, -0.2) is 17.7 Å². The zero-order valence-electron chi connectivity index (χ0n) is 9.61. The number of rotatable bonds is 3. The van der Waals surface area contributed by atoms with Crippen molar-refractivity contribution in [3.8, 4) is 0 Å². The van der Waals surface area contributed by atoms with Crippen molar-refractivity contribution in [3.63, 3.8) is 0 Å². The number of carbonyl (C=O) groups is 3. The van der Waals surface area contributed by atoms with Gasteiger partial charge in [0.25, 0.3) is 11.8 Å². The number of anilines is 1. The summed E-state index contributed by atoms with van der Waals surface area (Å²) >= 11 is 0. The molecule has 7 N–H and O–H groups in total. The van der Waals surface area contributed by atoms with Gasteiger partial charge in [0.05, 0.1) is 11.1 Å². The maximum absolute atomic E-state index is 11.5. The van der Waals surface area contributed by atoms with Crippen LogP contribution in [0.3, 0.4) is 0 Å². The van der Waals surface area contributed by atoms with Crippen molar-refractivity contribution in [1.82, 2.24) is 10.9 Å². The summed E-state index contributed by atoms with van der Waals surface area (Å²) in [5.41, 5.74) is 4.25. The van der Waals surface area contributed by atoms with Gasteiger partial charge in [0, 0.05) is 12.6 Å². The first-order valence-electron chi connectivity index (χ1n) is 4.93. The average molecular weight is 251 g/mol. The van der Waals surface area contributed by atoms with Crippen molar-refractivity contribution in [2.75, 3.05) is 5.32 Å². The van der Waals surface area contributed by atoms with E-state index in [-0.39, 0.29) is 17.0 Å². The van der Waals surface area contributed by atoms with E-state index in [9.17, 15) is 14.4 Å². The van der Waals surface area contributed by atoms with Gasteiger partial charge in [0.15, 0.2) is 0 Å². The molecule has 0 aromatic heterocycles. The fourth-order valence-corrected chi connectivity index (χ4v) is 1.37. The molecule has 8 heteroatoms. The maximum Gasteiger partial charge on any atom is 0.266 e. The lowest BCUT2D eigenvalue weighted by molar-refractivity contribution is -0.114. The topological polar surface area (TPSA) is 139 Å². The minimum Gasteiger partial charge on any atom is -0.326 e. The van der Waals surface area contributed by atoms with E-state index in [4.69, 9.17) is 11.7 Å². The van der Waals surface area contributed by atoms with E-state index in [2.05, 4.69) is 5.32 Å². The van der Waals surface area contributed by atoms with E-state index >= 15 is 0 Å². The van der Waals surface area contributed by atoms with Crippen LogP contribution in [0.2, 0.25) is 0 Å². The van der Waals surface area contributed by atoms with E-state index in [0.29, 0.717) is 5.69 Å². The summed E-state index contributed by atoms with van der Waals surface area (Å²) in [6.07, 6.45) is 0. The summed E-state index contributed by atoms with van der Waals surface area (Å²) in [4.78, 5) is 33.9. The lowest BCUT2D eigenvalue weighted by Gasteiger charge is -2.09. The molecule has 0 saturated carbocycles. The molecule has 0 aliphatic heterocycles. The van der Waals surface area contributed by atoms with Crippen LogP contribution >= 0.6 is 0 Å². The quantitative estimate of drug-likeness (QED) is 0.262. The molecule has 0 aliphatic carbocycles. The van der Waals surface area contributed by atoms with Crippen molar-refractivity contribution in [3.05, 3.63) is 29.3 Å². The summed E-state index contributed by atoms with van der Waals surface area (Å²) in [6, 6.07) is 4.16. The van der Waals surface area contributed by atoms with Crippen LogP contribution in [0.15, 0.2) is 18.2 Å². The van der Waals surface area contributed by atoms with Gasteiger partial charge >= 0.3 is 0 Å². The smallest absolute Gasteiger partial charge is 0.266 e. The van der Waals surface area contributed by atoms with Crippen LogP contribution in [0.25, 0.3) is 0 Å². The first-order valence-corrected chi connectivity index (χ1v) is 4.93. The van der Waals surface area contributed by atoms with Crippen LogP contribution in [0.5, 0.6) is 0 Å². The Kier molecular flexibility index (Phi) is 4.35. The number of nitrogens with one attached hydrogen (secondary N) is 3. The summed E-state index contributed by atoms with van der Waals surface area (Å²) in [6.45, 7) is 1.32. The van der Waals surface area contributed by atoms with Gasteiger partial charge in [0.1, 0.15) is 0 Å². The van der Waals surface area contributed by atoms with Crippen molar-refractivity contribution in [2.45, 2.75) is 6.92 Å². The van der Waals surface area contributed by atoms with Gasteiger partial charge in [0.2, 0.25) is 5.91 Å². The van der Waals surface area contributed by atoms with Crippen LogP contribution in [0.4, 0.5) is 5.69 Å². The van der Waals surface area contributed by atoms with Crippen molar-refractivity contribution in [2.24, 2.45) is 11.7 Å². The lowest BCUT2D eigenvalue weighted by Crippen LogP contribution is -2.35. The molecule has 8 nitrogen and oxygen atoms in total. The molecule has 0 spiro atoms. The van der Waals surface area contributed by atoms with Gasteiger partial charge in [-0.2, -0.15) is 0 Å². The minimum absolute atomic E-state index is 0.00620. The first kappa shape index (κ1) is 13.6. The van der Waals surface area contributed by atoms with Crippen LogP contribution in [0.1, 0.15) is 27.6 Å². The molecule has 0 heterocycles. The second-order valence-electron chi connectivity index (χ2n) is 3.39. The highest BCUT2D eigenvalue weighted by molar-refractivity contribution is 6.08. The zero-order valence-corrected chi connectivity index (χ0v) is 9.61. The predicted octanol–water partition coefficient (Wildman–Crippen LogP) is -1.15. The number of hydrogen-bond donors (Lipinski definition) is 5. The minimum atomic E-state index is -0.666. The highest BCUT2D eigenvalue weighted by Crippen LogP contribution is 2.16. The fraction of sp³-hybridized carbons (Fsp3) is 0.100. The van der Waals surface area contributed by atoms with E-state index in [1.165, 1.54) is 25.1 Å². The molecule has 1 rings (SSSR count). The molecule has 96 valence electrons. The van der Waals surface area contributed by atoms with Gasteiger partial charge in [-0.15, -0.1) is 0 Å². The lowest BCUT2D eigenvalue weighted by atomic mass is 10.1. The van der Waals surface area contributed by atoms with Crippen molar-refractivity contribution in [1.29, 1.82) is 0 Å². The molecule has 1 aromatic carbocycles. The fourth-order valence-electron chi connectivity index (χ4n) is 1.37. The third-order valence-corrected chi connectivity index (χ3v) is 2.09. The van der Waals surface area contributed by atoms with E-state index < -0.39 is 11.8 Å². The van der Waals surface area contributed by atoms with E-state index in [1.807, 2.05) is 10.9 Å². The SMILES string of the molecule is CC(=O)Nc1ccc(C(=O)NN)c(C(=O)NN)c1. The molecule has 0 bridgehead atoms. The Morgan fingerprint density at radius 3 is 2.06 bits per heavy atom. The predicted molar refractivity (Wildman–Crippen MR) is 64.1 cm³/mol. The van der Waals surface area contributed by atoms with Crippen LogP contribution in [0, 0.1) is 0 Å².